The van der Waals surface area contributed by atoms with Gasteiger partial charge in [-0.15, -0.1) is 0 Å². The first-order chi connectivity index (χ1) is 9.61. The summed E-state index contributed by atoms with van der Waals surface area (Å²) in [5.74, 6) is -0.528. The number of rotatable bonds is 1. The van der Waals surface area contributed by atoms with Crippen LogP contribution < -0.4 is 10.1 Å². The van der Waals surface area contributed by atoms with Crippen LogP contribution in [0, 0.1) is 0 Å². The first-order valence-corrected chi connectivity index (χ1v) is 6.22. The Morgan fingerprint density at radius 3 is 3.00 bits per heavy atom. The van der Waals surface area contributed by atoms with Gasteiger partial charge in [0.05, 0.1) is 31.6 Å². The molecule has 106 valence electrons. The van der Waals surface area contributed by atoms with Gasteiger partial charge in [0, 0.05) is 12.6 Å². The molecule has 7 heteroatoms. The van der Waals surface area contributed by atoms with Crippen molar-refractivity contribution in [1.29, 1.82) is 0 Å². The normalized spacial score (nSPS) is 21.6. The summed E-state index contributed by atoms with van der Waals surface area (Å²) < 4.78 is 10.3. The first kappa shape index (κ1) is 12.7. The second-order valence-corrected chi connectivity index (χ2v) is 4.65. The number of nitrogens with one attached hydrogen (secondary N) is 1. The monoisotopic (exact) mass is 278 g/mol. The number of benzene rings is 1. The number of methoxy groups -OCH3 is 1. The van der Waals surface area contributed by atoms with Crippen LogP contribution in [-0.4, -0.2) is 54.7 Å². The van der Waals surface area contributed by atoms with E-state index in [0.717, 1.165) is 0 Å². The van der Waals surface area contributed by atoms with Crippen molar-refractivity contribution >= 4 is 17.5 Å². The number of anilines is 1. The van der Waals surface area contributed by atoms with Gasteiger partial charge in [-0.2, -0.15) is 0 Å². The summed E-state index contributed by atoms with van der Waals surface area (Å²) in [6.07, 6.45) is 0. The van der Waals surface area contributed by atoms with E-state index in [1.807, 2.05) is 0 Å². The number of carbonyl (C=O) groups excluding carboxylic acids is 2. The van der Waals surface area contributed by atoms with Crippen molar-refractivity contribution in [3.05, 3.63) is 17.7 Å². The largest absolute Gasteiger partial charge is 0.504 e. The van der Waals surface area contributed by atoms with Gasteiger partial charge in [0.15, 0.2) is 11.5 Å². The highest BCUT2D eigenvalue weighted by atomic mass is 16.5. The van der Waals surface area contributed by atoms with Crippen LogP contribution in [0.15, 0.2) is 12.1 Å². The topological polar surface area (TPSA) is 88.1 Å². The van der Waals surface area contributed by atoms with E-state index in [9.17, 15) is 14.7 Å². The minimum Gasteiger partial charge on any atom is -0.504 e. The summed E-state index contributed by atoms with van der Waals surface area (Å²) in [5.41, 5.74) is 0.588. The molecule has 3 rings (SSSR count). The Morgan fingerprint density at radius 2 is 2.25 bits per heavy atom. The molecule has 2 aliphatic rings. The van der Waals surface area contributed by atoms with Crippen LogP contribution >= 0.6 is 0 Å². The fraction of sp³-hybridized carbons (Fsp3) is 0.385. The Balaban J connectivity index is 2.10. The van der Waals surface area contributed by atoms with E-state index in [4.69, 9.17) is 9.47 Å². The lowest BCUT2D eigenvalue weighted by Gasteiger charge is -2.32. The molecule has 7 nitrogen and oxygen atoms in total. The molecule has 2 N–H and O–H groups in total. The number of ether oxygens (including phenoxy) is 2. The number of hydrogen-bond donors (Lipinski definition) is 2. The Hall–Kier alpha value is -2.28. The van der Waals surface area contributed by atoms with Crippen molar-refractivity contribution in [2.75, 3.05) is 32.2 Å². The Kier molecular flexibility index (Phi) is 2.98. The number of phenols is 1. The maximum atomic E-state index is 12.5. The van der Waals surface area contributed by atoms with Crippen molar-refractivity contribution in [3.63, 3.8) is 0 Å². The lowest BCUT2D eigenvalue weighted by atomic mass is 10.1. The summed E-state index contributed by atoms with van der Waals surface area (Å²) in [6.45, 7) is 0.939. The van der Waals surface area contributed by atoms with Crippen molar-refractivity contribution in [2.45, 2.75) is 6.04 Å². The zero-order valence-electron chi connectivity index (χ0n) is 10.9. The third-order valence-corrected chi connectivity index (χ3v) is 3.50. The summed E-state index contributed by atoms with van der Waals surface area (Å²) in [4.78, 5) is 26.1. The van der Waals surface area contributed by atoms with E-state index in [2.05, 4.69) is 5.32 Å². The van der Waals surface area contributed by atoms with E-state index in [-0.39, 0.29) is 35.6 Å². The molecular formula is C13H14N2O5. The summed E-state index contributed by atoms with van der Waals surface area (Å²) in [6, 6.07) is 2.12. The summed E-state index contributed by atoms with van der Waals surface area (Å²) in [5, 5.41) is 12.4. The van der Waals surface area contributed by atoms with Crippen LogP contribution in [0.4, 0.5) is 5.69 Å². The van der Waals surface area contributed by atoms with Gasteiger partial charge in [0.2, 0.25) is 5.91 Å². The Bertz CT molecular complexity index is 586. The second-order valence-electron chi connectivity index (χ2n) is 4.65. The van der Waals surface area contributed by atoms with Gasteiger partial charge in [-0.25, -0.2) is 0 Å². The van der Waals surface area contributed by atoms with Crippen molar-refractivity contribution in [3.8, 4) is 11.5 Å². The zero-order valence-corrected chi connectivity index (χ0v) is 10.9. The molecule has 1 atom stereocenters. The lowest BCUT2D eigenvalue weighted by Crippen LogP contribution is -2.52. The molecule has 0 spiro atoms. The molecule has 2 aliphatic heterocycles. The molecule has 1 aromatic carbocycles. The molecule has 2 amide bonds. The van der Waals surface area contributed by atoms with E-state index in [0.29, 0.717) is 18.7 Å². The van der Waals surface area contributed by atoms with Crippen LogP contribution in [0.5, 0.6) is 11.5 Å². The fourth-order valence-electron chi connectivity index (χ4n) is 2.45. The molecule has 1 saturated heterocycles. The third-order valence-electron chi connectivity index (χ3n) is 3.50. The highest BCUT2D eigenvalue weighted by Crippen LogP contribution is 2.35. The van der Waals surface area contributed by atoms with Gasteiger partial charge < -0.3 is 24.8 Å². The second kappa shape index (κ2) is 4.68. The first-order valence-electron chi connectivity index (χ1n) is 6.22. The van der Waals surface area contributed by atoms with Crippen LogP contribution in [0.2, 0.25) is 0 Å². The van der Waals surface area contributed by atoms with Gasteiger partial charge in [-0.3, -0.25) is 9.59 Å². The number of nitrogens with zero attached hydrogens (tertiary/aromatic N) is 1. The Morgan fingerprint density at radius 1 is 1.45 bits per heavy atom. The lowest BCUT2D eigenvalue weighted by molar-refractivity contribution is -0.125. The molecule has 1 fully saturated rings. The molecule has 2 heterocycles. The Labute approximate surface area is 115 Å². The van der Waals surface area contributed by atoms with E-state index in [1.54, 1.807) is 0 Å². The number of morpholine rings is 1. The number of hydrogen-bond acceptors (Lipinski definition) is 5. The fourth-order valence-corrected chi connectivity index (χ4v) is 2.45. The van der Waals surface area contributed by atoms with E-state index < -0.39 is 6.04 Å². The average Bonchev–Trinajstić information content (AvgIpc) is 2.55. The van der Waals surface area contributed by atoms with Crippen molar-refractivity contribution < 1.29 is 24.2 Å². The van der Waals surface area contributed by atoms with Gasteiger partial charge in [-0.1, -0.05) is 0 Å². The number of aromatic hydroxyl groups is 1. The van der Waals surface area contributed by atoms with Crippen LogP contribution in [0.1, 0.15) is 10.4 Å². The third kappa shape index (κ3) is 1.87. The maximum Gasteiger partial charge on any atom is 0.256 e. The smallest absolute Gasteiger partial charge is 0.256 e. The molecule has 0 radical (unpaired) electrons. The number of phenolic OH excluding ortho intramolecular Hbond substituents is 1. The molecular weight excluding hydrogens is 264 g/mol. The standard InChI is InChI=1S/C13H14N2O5/c1-19-11-4-7-8(5-10(11)16)14-12(17)9-6-20-3-2-15(9)13(7)18/h4-5,9,16H,2-3,6H2,1H3,(H,14,17)/t9-/m0/s1. The van der Waals surface area contributed by atoms with Crippen LogP contribution in [-0.2, 0) is 9.53 Å². The molecule has 20 heavy (non-hydrogen) atoms. The molecule has 0 aromatic heterocycles. The molecule has 0 unspecified atom stereocenters. The predicted molar refractivity (Wildman–Crippen MR) is 68.9 cm³/mol. The van der Waals surface area contributed by atoms with Crippen molar-refractivity contribution in [1.82, 2.24) is 4.90 Å². The number of carbonyl (C=O) groups is 2. The number of amides is 2. The zero-order chi connectivity index (χ0) is 14.3. The van der Waals surface area contributed by atoms with Gasteiger partial charge in [0.1, 0.15) is 6.04 Å². The molecule has 1 aromatic rings. The quantitative estimate of drug-likeness (QED) is 0.766. The minimum absolute atomic E-state index is 0.129. The van der Waals surface area contributed by atoms with Gasteiger partial charge >= 0.3 is 0 Å². The van der Waals surface area contributed by atoms with Crippen molar-refractivity contribution in [2.24, 2.45) is 0 Å². The van der Waals surface area contributed by atoms with E-state index >= 15 is 0 Å². The maximum absolute atomic E-state index is 12.5. The highest BCUT2D eigenvalue weighted by Gasteiger charge is 2.37. The van der Waals surface area contributed by atoms with E-state index in [1.165, 1.54) is 24.1 Å². The molecule has 0 aliphatic carbocycles. The predicted octanol–water partition coefficient (Wildman–Crippen LogP) is 0.194. The van der Waals surface area contributed by atoms with Gasteiger partial charge in [-0.05, 0) is 6.07 Å². The SMILES string of the molecule is COc1cc2c(cc1O)NC(=O)[C@@H]1COCCN1C2=O. The molecule has 0 saturated carbocycles. The number of fused-ring (bicyclic) bond motifs is 2. The van der Waals surface area contributed by atoms with Crippen LogP contribution in [0.25, 0.3) is 0 Å². The van der Waals surface area contributed by atoms with Crippen LogP contribution in [0.3, 0.4) is 0 Å². The van der Waals surface area contributed by atoms with Gasteiger partial charge in [0.25, 0.3) is 5.91 Å². The highest BCUT2D eigenvalue weighted by molar-refractivity contribution is 6.10. The minimum atomic E-state index is -0.642. The molecule has 0 bridgehead atoms. The average molecular weight is 278 g/mol. The summed E-state index contributed by atoms with van der Waals surface area (Å²) in [7, 11) is 1.40. The summed E-state index contributed by atoms with van der Waals surface area (Å²) >= 11 is 0.